The van der Waals surface area contributed by atoms with Crippen molar-refractivity contribution in [2.75, 3.05) is 31.4 Å². The number of carboxylic acid groups (broad SMARTS) is 1. The number of nitrogens with one attached hydrogen (secondary N) is 1. The molecule has 2 amide bonds. The first kappa shape index (κ1) is 26.0. The molecule has 17 heteroatoms. The number of nitrogens with zero attached hydrogens (tertiary/aromatic N) is 4. The Kier molecular flexibility index (Phi) is 8.34. The number of aliphatic carboxylic acids is 1. The molecule has 0 aliphatic carbocycles. The van der Waals surface area contributed by atoms with Crippen molar-refractivity contribution in [1.82, 2.24) is 19.6 Å². The third-order valence-electron chi connectivity index (χ3n) is 4.53. The molecule has 188 valence electrons. The molecule has 0 bridgehead atoms. The highest BCUT2D eigenvalue weighted by molar-refractivity contribution is 8.00. The highest BCUT2D eigenvalue weighted by atomic mass is 32.2. The molecule has 2 aliphatic rings. The number of carbonyl (C=O) groups excluding carboxylic acids is 4. The summed E-state index contributed by atoms with van der Waals surface area (Å²) >= 11 is 1.92. The lowest BCUT2D eigenvalue weighted by Crippen LogP contribution is -2.71. The van der Waals surface area contributed by atoms with Gasteiger partial charge in [-0.3, -0.25) is 24.1 Å². The van der Waals surface area contributed by atoms with Gasteiger partial charge in [0.2, 0.25) is 11.5 Å². The molecular weight excluding hydrogens is 511 g/mol. The lowest BCUT2D eigenvalue weighted by molar-refractivity contribution is -0.150. The van der Waals surface area contributed by atoms with Crippen molar-refractivity contribution >= 4 is 63.7 Å². The van der Waals surface area contributed by atoms with Gasteiger partial charge in [0, 0.05) is 22.9 Å². The SMILES string of the molecule is CC(=O)CC(=O)OCC1=C(C(=O)O)N2C(=O)[C@@H](NC(=O)/C(=N\OCCF)c3nsc(N)n3)[C@H]2SC1. The van der Waals surface area contributed by atoms with Crippen LogP contribution in [0.25, 0.3) is 0 Å². The summed E-state index contributed by atoms with van der Waals surface area (Å²) in [5.74, 6) is -4.40. The van der Waals surface area contributed by atoms with Crippen LogP contribution in [0.4, 0.5) is 9.52 Å². The Bertz CT molecular complexity index is 1120. The molecule has 0 unspecified atom stereocenters. The average molecular weight is 531 g/mol. The minimum Gasteiger partial charge on any atom is -0.477 e. The van der Waals surface area contributed by atoms with Gasteiger partial charge in [-0.15, -0.1) is 11.8 Å². The van der Waals surface area contributed by atoms with Crippen molar-refractivity contribution in [3.63, 3.8) is 0 Å². The van der Waals surface area contributed by atoms with Gasteiger partial charge < -0.3 is 25.7 Å². The third-order valence-corrected chi connectivity index (χ3v) is 6.41. The smallest absolute Gasteiger partial charge is 0.352 e. The second kappa shape index (κ2) is 11.2. The molecule has 0 spiro atoms. The van der Waals surface area contributed by atoms with Crippen LogP contribution < -0.4 is 11.1 Å². The van der Waals surface area contributed by atoms with E-state index in [1.165, 1.54) is 6.92 Å². The Labute approximate surface area is 204 Å². The molecule has 14 nitrogen and oxygen atoms in total. The summed E-state index contributed by atoms with van der Waals surface area (Å²) in [7, 11) is 0. The summed E-state index contributed by atoms with van der Waals surface area (Å²) < 4.78 is 21.2. The van der Waals surface area contributed by atoms with Gasteiger partial charge in [0.05, 0.1) is 0 Å². The van der Waals surface area contributed by atoms with Gasteiger partial charge in [0.1, 0.15) is 49.2 Å². The van der Waals surface area contributed by atoms with Crippen LogP contribution in [0, 0.1) is 0 Å². The molecule has 3 heterocycles. The number of oxime groups is 1. The highest BCUT2D eigenvalue weighted by Gasteiger charge is 2.54. The molecule has 3 rings (SSSR count). The highest BCUT2D eigenvalue weighted by Crippen LogP contribution is 2.40. The van der Waals surface area contributed by atoms with Gasteiger partial charge in [-0.25, -0.2) is 9.18 Å². The van der Waals surface area contributed by atoms with E-state index in [1.807, 2.05) is 0 Å². The average Bonchev–Trinajstić information content (AvgIpc) is 3.23. The zero-order valence-corrected chi connectivity index (χ0v) is 19.7. The number of ether oxygens (including phenoxy) is 1. The largest absolute Gasteiger partial charge is 0.477 e. The van der Waals surface area contributed by atoms with E-state index in [0.717, 1.165) is 28.2 Å². The number of β-lactam (4-membered cyclic amide) rings is 1. The topological polar surface area (TPSA) is 203 Å². The Hall–Kier alpha value is -3.60. The fourth-order valence-electron chi connectivity index (χ4n) is 3.09. The fraction of sp³-hybridized carbons (Fsp3) is 0.444. The normalized spacial score (nSPS) is 19.5. The number of rotatable bonds is 11. The number of esters is 1. The second-order valence-electron chi connectivity index (χ2n) is 7.08. The number of Topliss-reactive ketones (excluding diaryl/α,β-unsaturated/α-hetero) is 1. The van der Waals surface area contributed by atoms with Crippen LogP contribution >= 0.6 is 23.3 Å². The van der Waals surface area contributed by atoms with Crippen LogP contribution in [0.1, 0.15) is 19.2 Å². The molecule has 2 aliphatic heterocycles. The number of anilines is 1. The number of ketones is 1. The number of halogens is 1. The number of hydrogen-bond acceptors (Lipinski definition) is 13. The van der Waals surface area contributed by atoms with Gasteiger partial charge in [-0.05, 0) is 6.92 Å². The number of amides is 2. The van der Waals surface area contributed by atoms with Crippen LogP contribution in [0.5, 0.6) is 0 Å². The summed E-state index contributed by atoms with van der Waals surface area (Å²) in [4.78, 5) is 69.6. The Morgan fingerprint density at radius 1 is 1.37 bits per heavy atom. The first-order chi connectivity index (χ1) is 16.6. The van der Waals surface area contributed by atoms with E-state index in [-0.39, 0.29) is 28.0 Å². The lowest BCUT2D eigenvalue weighted by Gasteiger charge is -2.49. The quantitative estimate of drug-likeness (QED) is 0.0793. The number of thioether (sulfide) groups is 1. The number of aromatic nitrogens is 2. The second-order valence-corrected chi connectivity index (χ2v) is 8.96. The minimum absolute atomic E-state index is 0.0347. The maximum absolute atomic E-state index is 12.8. The number of fused-ring (bicyclic) bond motifs is 1. The van der Waals surface area contributed by atoms with Crippen molar-refractivity contribution in [3.8, 4) is 0 Å². The van der Waals surface area contributed by atoms with E-state index in [4.69, 9.17) is 15.3 Å². The summed E-state index contributed by atoms with van der Waals surface area (Å²) in [6.07, 6.45) is -0.458. The monoisotopic (exact) mass is 530 g/mol. The first-order valence-corrected chi connectivity index (χ1v) is 11.7. The zero-order valence-electron chi connectivity index (χ0n) is 18.1. The van der Waals surface area contributed by atoms with E-state index >= 15 is 0 Å². The fourth-order valence-corrected chi connectivity index (χ4v) is 4.85. The number of hydrogen-bond donors (Lipinski definition) is 3. The maximum Gasteiger partial charge on any atom is 0.352 e. The molecular formula is C18H19FN6O8S2. The van der Waals surface area contributed by atoms with Gasteiger partial charge in [0.25, 0.3) is 11.8 Å². The van der Waals surface area contributed by atoms with Gasteiger partial charge >= 0.3 is 11.9 Å². The van der Waals surface area contributed by atoms with Crippen LogP contribution in [-0.2, 0) is 33.5 Å². The molecule has 1 aromatic rings. The summed E-state index contributed by atoms with van der Waals surface area (Å²) in [5, 5.41) is 14.9. The van der Waals surface area contributed by atoms with Gasteiger partial charge in [0.15, 0.2) is 5.13 Å². The van der Waals surface area contributed by atoms with Crippen LogP contribution in [0.3, 0.4) is 0 Å². The molecule has 2 atom stereocenters. The van der Waals surface area contributed by atoms with Gasteiger partial charge in [-0.2, -0.15) is 9.36 Å². The molecule has 0 radical (unpaired) electrons. The summed E-state index contributed by atoms with van der Waals surface area (Å²) in [5.41, 5.74) is 4.89. The molecule has 35 heavy (non-hydrogen) atoms. The molecule has 1 fully saturated rings. The predicted molar refractivity (Wildman–Crippen MR) is 119 cm³/mol. The maximum atomic E-state index is 12.8. The van der Waals surface area contributed by atoms with Crippen LogP contribution in [-0.4, -0.2) is 91.7 Å². The van der Waals surface area contributed by atoms with E-state index in [2.05, 4.69) is 19.8 Å². The first-order valence-electron chi connectivity index (χ1n) is 9.85. The molecule has 1 aromatic heterocycles. The number of carbonyl (C=O) groups is 5. The summed E-state index contributed by atoms with van der Waals surface area (Å²) in [6, 6.07) is -1.12. The molecule has 0 saturated carbocycles. The van der Waals surface area contributed by atoms with E-state index < -0.39 is 73.0 Å². The van der Waals surface area contributed by atoms with Crippen molar-refractivity contribution in [3.05, 3.63) is 17.1 Å². The lowest BCUT2D eigenvalue weighted by atomic mass is 10.0. The Balaban J connectivity index is 1.74. The standard InChI is InChI=1S/C18H19FN6O8S2/c1-7(26)4-9(27)32-5-8-6-34-16-11(15(29)25(16)12(8)17(30)31)21-14(28)10(23-33-3-2-19)13-22-18(20)35-24-13/h11,16H,2-6H2,1H3,(H,21,28)(H,30,31)(H2,20,22,24)/b23-10-/t11-,16-/m1/s1. The number of nitrogens with two attached hydrogens (primary N) is 1. The molecule has 4 N–H and O–H groups in total. The minimum atomic E-state index is -1.42. The van der Waals surface area contributed by atoms with Gasteiger partial charge in [-0.1, -0.05) is 5.16 Å². The van der Waals surface area contributed by atoms with E-state index in [1.54, 1.807) is 0 Å². The van der Waals surface area contributed by atoms with E-state index in [0.29, 0.717) is 0 Å². The van der Waals surface area contributed by atoms with E-state index in [9.17, 15) is 33.5 Å². The molecule has 0 aromatic carbocycles. The van der Waals surface area contributed by atoms with Crippen molar-refractivity contribution < 1.29 is 43.0 Å². The number of carboxylic acids is 1. The van der Waals surface area contributed by atoms with Crippen LogP contribution in [0.2, 0.25) is 0 Å². The third kappa shape index (κ3) is 5.91. The summed E-state index contributed by atoms with van der Waals surface area (Å²) in [6.45, 7) is -0.498. The number of nitrogen functional groups attached to an aromatic ring is 1. The Morgan fingerprint density at radius 3 is 2.71 bits per heavy atom. The molecule has 1 saturated heterocycles. The Morgan fingerprint density at radius 2 is 2.11 bits per heavy atom. The zero-order chi connectivity index (χ0) is 25.7. The predicted octanol–water partition coefficient (Wildman–Crippen LogP) is -0.929. The van der Waals surface area contributed by atoms with Crippen LogP contribution in [0.15, 0.2) is 16.4 Å². The van der Waals surface area contributed by atoms with Crippen molar-refractivity contribution in [1.29, 1.82) is 0 Å². The number of alkyl halides is 1. The van der Waals surface area contributed by atoms with Crippen molar-refractivity contribution in [2.24, 2.45) is 5.16 Å². The van der Waals surface area contributed by atoms with Crippen molar-refractivity contribution in [2.45, 2.75) is 24.8 Å².